The normalized spacial score (nSPS) is 17.0. The van der Waals surface area contributed by atoms with Gasteiger partial charge < -0.3 is 0 Å². The van der Waals surface area contributed by atoms with Gasteiger partial charge in [0.05, 0.1) is 4.90 Å². The van der Waals surface area contributed by atoms with E-state index in [1.165, 1.54) is 5.56 Å². The molecular weight excluding hydrogens is 330 g/mol. The fourth-order valence-electron chi connectivity index (χ4n) is 3.63. The van der Waals surface area contributed by atoms with Gasteiger partial charge in [-0.2, -0.15) is 4.31 Å². The largest absolute Gasteiger partial charge is 0.243 e. The van der Waals surface area contributed by atoms with Crippen LogP contribution in [0.15, 0.2) is 77.7 Å². The molecule has 0 aliphatic carbocycles. The molecule has 1 fully saturated rings. The van der Waals surface area contributed by atoms with Gasteiger partial charge in [0.25, 0.3) is 0 Å². The molecular formula is C21H21NO2S. The number of fused-ring (bicyclic) bond motifs is 1. The van der Waals surface area contributed by atoms with E-state index >= 15 is 0 Å². The van der Waals surface area contributed by atoms with E-state index in [0.29, 0.717) is 23.9 Å². The van der Waals surface area contributed by atoms with Gasteiger partial charge in [-0.1, -0.05) is 60.7 Å². The Hall–Kier alpha value is -2.17. The second kappa shape index (κ2) is 6.62. The van der Waals surface area contributed by atoms with Crippen molar-refractivity contribution < 1.29 is 8.42 Å². The molecule has 0 spiro atoms. The van der Waals surface area contributed by atoms with Crippen molar-refractivity contribution in [3.63, 3.8) is 0 Å². The van der Waals surface area contributed by atoms with Crippen LogP contribution in [-0.2, 0) is 10.0 Å². The molecule has 3 nitrogen and oxygen atoms in total. The minimum absolute atomic E-state index is 0.393. The number of hydrogen-bond donors (Lipinski definition) is 0. The maximum Gasteiger partial charge on any atom is 0.243 e. The maximum absolute atomic E-state index is 13.0. The Morgan fingerprint density at radius 3 is 2.12 bits per heavy atom. The molecule has 1 aliphatic rings. The summed E-state index contributed by atoms with van der Waals surface area (Å²) in [5, 5.41) is 2.02. The molecule has 0 amide bonds. The zero-order chi connectivity index (χ0) is 17.3. The summed E-state index contributed by atoms with van der Waals surface area (Å²) < 4.78 is 27.6. The summed E-state index contributed by atoms with van der Waals surface area (Å²) in [5.74, 6) is 0.448. The molecule has 0 radical (unpaired) electrons. The molecule has 4 rings (SSSR count). The van der Waals surface area contributed by atoms with E-state index in [1.54, 1.807) is 16.4 Å². The molecule has 3 aromatic rings. The molecule has 0 unspecified atom stereocenters. The minimum Gasteiger partial charge on any atom is -0.207 e. The van der Waals surface area contributed by atoms with Crippen LogP contribution in [0.3, 0.4) is 0 Å². The van der Waals surface area contributed by atoms with Crippen LogP contribution in [0, 0.1) is 0 Å². The van der Waals surface area contributed by atoms with Gasteiger partial charge >= 0.3 is 0 Å². The first-order valence-corrected chi connectivity index (χ1v) is 10.1. The van der Waals surface area contributed by atoms with Crippen LogP contribution in [0.5, 0.6) is 0 Å². The fraction of sp³-hybridized carbons (Fsp3) is 0.238. The Balaban J connectivity index is 1.54. The molecule has 25 heavy (non-hydrogen) atoms. The van der Waals surface area contributed by atoms with Gasteiger partial charge in [-0.05, 0) is 47.2 Å². The van der Waals surface area contributed by atoms with Gasteiger partial charge in [0, 0.05) is 13.1 Å². The predicted octanol–water partition coefficient (Wildman–Crippen LogP) is 4.41. The first kappa shape index (κ1) is 16.3. The van der Waals surface area contributed by atoms with Crippen LogP contribution in [0.1, 0.15) is 24.3 Å². The Morgan fingerprint density at radius 1 is 0.760 bits per heavy atom. The molecule has 0 saturated carbocycles. The van der Waals surface area contributed by atoms with Crippen molar-refractivity contribution in [2.24, 2.45) is 0 Å². The summed E-state index contributed by atoms with van der Waals surface area (Å²) in [6, 6.07) is 23.6. The second-order valence-corrected chi connectivity index (χ2v) is 8.54. The van der Waals surface area contributed by atoms with Crippen molar-refractivity contribution in [1.29, 1.82) is 0 Å². The van der Waals surface area contributed by atoms with Crippen LogP contribution < -0.4 is 0 Å². The first-order valence-electron chi connectivity index (χ1n) is 8.68. The monoisotopic (exact) mass is 351 g/mol. The van der Waals surface area contributed by atoms with E-state index in [0.717, 1.165) is 23.6 Å². The Bertz CT molecular complexity index is 975. The molecule has 0 bridgehead atoms. The van der Waals surface area contributed by atoms with E-state index < -0.39 is 10.0 Å². The number of piperidine rings is 1. The Kier molecular flexibility index (Phi) is 4.32. The molecule has 3 aromatic carbocycles. The van der Waals surface area contributed by atoms with Gasteiger partial charge in [0.15, 0.2) is 0 Å². The van der Waals surface area contributed by atoms with Crippen LogP contribution in [0.4, 0.5) is 0 Å². The summed E-state index contributed by atoms with van der Waals surface area (Å²) in [7, 11) is -3.43. The fourth-order valence-corrected chi connectivity index (χ4v) is 5.14. The zero-order valence-corrected chi connectivity index (χ0v) is 14.8. The van der Waals surface area contributed by atoms with Crippen molar-refractivity contribution in [1.82, 2.24) is 4.31 Å². The van der Waals surface area contributed by atoms with Crippen molar-refractivity contribution in [2.75, 3.05) is 13.1 Å². The molecule has 0 atom stereocenters. The van der Waals surface area contributed by atoms with Gasteiger partial charge in [-0.25, -0.2) is 8.42 Å². The number of sulfonamides is 1. The molecule has 1 heterocycles. The lowest BCUT2D eigenvalue weighted by molar-refractivity contribution is 0.319. The third-order valence-electron chi connectivity index (χ3n) is 5.08. The lowest BCUT2D eigenvalue weighted by Crippen LogP contribution is -2.37. The smallest absolute Gasteiger partial charge is 0.207 e. The summed E-state index contributed by atoms with van der Waals surface area (Å²) in [4.78, 5) is 0.393. The quantitative estimate of drug-likeness (QED) is 0.701. The number of rotatable bonds is 3. The number of nitrogens with zero attached hydrogens (tertiary/aromatic N) is 1. The maximum atomic E-state index is 13.0. The van der Waals surface area contributed by atoms with Crippen LogP contribution in [0.2, 0.25) is 0 Å². The van der Waals surface area contributed by atoms with E-state index in [-0.39, 0.29) is 0 Å². The van der Waals surface area contributed by atoms with Crippen LogP contribution >= 0.6 is 0 Å². The zero-order valence-electron chi connectivity index (χ0n) is 14.0. The SMILES string of the molecule is O=S(=O)(c1ccc2ccccc2c1)N1CCC(c2ccccc2)CC1. The van der Waals surface area contributed by atoms with E-state index in [4.69, 9.17) is 0 Å². The van der Waals surface area contributed by atoms with Crippen molar-refractivity contribution in [2.45, 2.75) is 23.7 Å². The molecule has 128 valence electrons. The van der Waals surface area contributed by atoms with Gasteiger partial charge in [-0.15, -0.1) is 0 Å². The average Bonchev–Trinajstić information content (AvgIpc) is 2.68. The summed E-state index contributed by atoms with van der Waals surface area (Å²) in [5.41, 5.74) is 1.31. The van der Waals surface area contributed by atoms with Gasteiger partial charge in [-0.3, -0.25) is 0 Å². The lowest BCUT2D eigenvalue weighted by Gasteiger charge is -2.31. The van der Waals surface area contributed by atoms with E-state index in [9.17, 15) is 8.42 Å². The highest BCUT2D eigenvalue weighted by atomic mass is 32.2. The minimum atomic E-state index is -3.43. The molecule has 0 aromatic heterocycles. The molecule has 0 N–H and O–H groups in total. The molecule has 1 saturated heterocycles. The second-order valence-electron chi connectivity index (χ2n) is 6.60. The highest BCUT2D eigenvalue weighted by molar-refractivity contribution is 7.89. The van der Waals surface area contributed by atoms with Crippen LogP contribution in [0.25, 0.3) is 10.8 Å². The summed E-state index contributed by atoms with van der Waals surface area (Å²) in [6.07, 6.45) is 1.74. The van der Waals surface area contributed by atoms with Crippen molar-refractivity contribution >= 4 is 20.8 Å². The highest BCUT2D eigenvalue weighted by Gasteiger charge is 2.29. The topological polar surface area (TPSA) is 37.4 Å². The van der Waals surface area contributed by atoms with Crippen molar-refractivity contribution in [3.05, 3.63) is 78.4 Å². The van der Waals surface area contributed by atoms with E-state index in [2.05, 4.69) is 12.1 Å². The first-order chi connectivity index (χ1) is 12.1. The standard InChI is InChI=1S/C21H21NO2S/c23-25(24,21-11-10-18-8-4-5-9-20(18)16-21)22-14-12-19(13-15-22)17-6-2-1-3-7-17/h1-11,16,19H,12-15H2. The van der Waals surface area contributed by atoms with Gasteiger partial charge in [0.2, 0.25) is 10.0 Å². The number of benzene rings is 3. The number of hydrogen-bond acceptors (Lipinski definition) is 2. The van der Waals surface area contributed by atoms with Crippen molar-refractivity contribution in [3.8, 4) is 0 Å². The third kappa shape index (κ3) is 3.20. The van der Waals surface area contributed by atoms with E-state index in [1.807, 2.05) is 48.5 Å². The lowest BCUT2D eigenvalue weighted by atomic mass is 9.90. The summed E-state index contributed by atoms with van der Waals surface area (Å²) >= 11 is 0. The highest BCUT2D eigenvalue weighted by Crippen LogP contribution is 2.31. The molecule has 4 heteroatoms. The average molecular weight is 351 g/mol. The van der Waals surface area contributed by atoms with Crippen LogP contribution in [-0.4, -0.2) is 25.8 Å². The molecule has 1 aliphatic heterocycles. The summed E-state index contributed by atoms with van der Waals surface area (Å²) in [6.45, 7) is 1.16. The Labute approximate surface area is 149 Å². The third-order valence-corrected chi connectivity index (χ3v) is 6.98. The van der Waals surface area contributed by atoms with Gasteiger partial charge in [0.1, 0.15) is 0 Å². The Morgan fingerprint density at radius 2 is 1.40 bits per heavy atom. The predicted molar refractivity (Wildman–Crippen MR) is 101 cm³/mol.